The fourth-order valence-corrected chi connectivity index (χ4v) is 1.98. The molecule has 1 saturated carbocycles. The Hall–Kier alpha value is -0.960. The van der Waals surface area contributed by atoms with E-state index in [1.165, 1.54) is 24.1 Å². The van der Waals surface area contributed by atoms with E-state index in [0.717, 1.165) is 31.8 Å². The Kier molecular flexibility index (Phi) is 1.98. The summed E-state index contributed by atoms with van der Waals surface area (Å²) >= 11 is 0. The van der Waals surface area contributed by atoms with E-state index in [9.17, 15) is 0 Å². The van der Waals surface area contributed by atoms with Gasteiger partial charge in [-0.25, -0.2) is 9.97 Å². The molecule has 3 rings (SSSR count). The van der Waals surface area contributed by atoms with Gasteiger partial charge in [-0.3, -0.25) is 0 Å². The number of rotatable bonds is 1. The van der Waals surface area contributed by atoms with Crippen LogP contribution in [0.2, 0.25) is 0 Å². The van der Waals surface area contributed by atoms with Crippen LogP contribution in [0.1, 0.15) is 35.8 Å². The maximum atomic E-state index is 4.68. The van der Waals surface area contributed by atoms with Crippen LogP contribution in [-0.4, -0.2) is 23.1 Å². The van der Waals surface area contributed by atoms with Gasteiger partial charge < -0.3 is 5.32 Å². The Labute approximate surface area is 84.0 Å². The van der Waals surface area contributed by atoms with Gasteiger partial charge in [0.2, 0.25) is 0 Å². The van der Waals surface area contributed by atoms with Crippen molar-refractivity contribution >= 4 is 0 Å². The number of nitrogens with zero attached hydrogens (tertiary/aromatic N) is 2. The van der Waals surface area contributed by atoms with E-state index in [2.05, 4.69) is 15.3 Å². The Morgan fingerprint density at radius 1 is 1.21 bits per heavy atom. The van der Waals surface area contributed by atoms with Crippen molar-refractivity contribution in [2.45, 2.75) is 31.6 Å². The highest BCUT2D eigenvalue weighted by atomic mass is 14.9. The van der Waals surface area contributed by atoms with Gasteiger partial charge in [-0.15, -0.1) is 0 Å². The predicted octanol–water partition coefficient (Wildman–Crippen LogP) is 1.04. The maximum absolute atomic E-state index is 4.68. The standard InChI is InChI=1S/C11H15N3/c1-2-8(1)11-13-7-9-3-5-12-6-4-10(9)14-11/h7-8,12H,1-6H2. The summed E-state index contributed by atoms with van der Waals surface area (Å²) < 4.78 is 0. The van der Waals surface area contributed by atoms with E-state index < -0.39 is 0 Å². The molecule has 0 spiro atoms. The lowest BCUT2D eigenvalue weighted by Crippen LogP contribution is -2.16. The molecule has 3 heteroatoms. The van der Waals surface area contributed by atoms with Gasteiger partial charge in [-0.2, -0.15) is 0 Å². The summed E-state index contributed by atoms with van der Waals surface area (Å²) in [7, 11) is 0. The molecule has 0 radical (unpaired) electrons. The number of hydrogen-bond acceptors (Lipinski definition) is 3. The van der Waals surface area contributed by atoms with Gasteiger partial charge in [0.05, 0.1) is 0 Å². The minimum atomic E-state index is 0.677. The summed E-state index contributed by atoms with van der Waals surface area (Å²) in [6, 6.07) is 0. The molecule has 14 heavy (non-hydrogen) atoms. The van der Waals surface area contributed by atoms with E-state index in [1.807, 2.05) is 6.20 Å². The molecule has 2 heterocycles. The Balaban J connectivity index is 1.94. The lowest BCUT2D eigenvalue weighted by Gasteiger charge is -2.05. The zero-order valence-corrected chi connectivity index (χ0v) is 8.29. The number of nitrogens with one attached hydrogen (secondary N) is 1. The van der Waals surface area contributed by atoms with Crippen molar-refractivity contribution in [2.24, 2.45) is 0 Å². The fourth-order valence-electron chi connectivity index (χ4n) is 1.98. The van der Waals surface area contributed by atoms with Crippen molar-refractivity contribution in [3.63, 3.8) is 0 Å². The van der Waals surface area contributed by atoms with Crippen LogP contribution in [0.3, 0.4) is 0 Å². The molecule has 2 aliphatic rings. The molecule has 3 nitrogen and oxygen atoms in total. The third-order valence-corrected chi connectivity index (χ3v) is 3.03. The second-order valence-electron chi connectivity index (χ2n) is 4.22. The van der Waals surface area contributed by atoms with Crippen LogP contribution in [0.4, 0.5) is 0 Å². The van der Waals surface area contributed by atoms with Crippen molar-refractivity contribution in [1.29, 1.82) is 0 Å². The molecule has 0 amide bonds. The lowest BCUT2D eigenvalue weighted by atomic mass is 10.1. The third-order valence-electron chi connectivity index (χ3n) is 3.03. The van der Waals surface area contributed by atoms with Gasteiger partial charge in [-0.1, -0.05) is 0 Å². The third kappa shape index (κ3) is 1.52. The first kappa shape index (κ1) is 8.36. The van der Waals surface area contributed by atoms with Crippen LogP contribution in [-0.2, 0) is 12.8 Å². The van der Waals surface area contributed by atoms with Crippen molar-refractivity contribution in [2.75, 3.05) is 13.1 Å². The smallest absolute Gasteiger partial charge is 0.131 e. The molecule has 1 N–H and O–H groups in total. The van der Waals surface area contributed by atoms with Gasteiger partial charge in [0.15, 0.2) is 0 Å². The zero-order valence-electron chi connectivity index (χ0n) is 8.29. The van der Waals surface area contributed by atoms with Gasteiger partial charge in [0, 0.05) is 30.8 Å². The van der Waals surface area contributed by atoms with Crippen LogP contribution in [0, 0.1) is 0 Å². The number of aromatic nitrogens is 2. The Morgan fingerprint density at radius 2 is 2.07 bits per heavy atom. The highest BCUT2D eigenvalue weighted by Gasteiger charge is 2.27. The average molecular weight is 189 g/mol. The van der Waals surface area contributed by atoms with Crippen LogP contribution in [0.5, 0.6) is 0 Å². The average Bonchev–Trinajstić information content (AvgIpc) is 3.04. The molecule has 0 bridgehead atoms. The maximum Gasteiger partial charge on any atom is 0.131 e. The fraction of sp³-hybridized carbons (Fsp3) is 0.636. The molecule has 0 aromatic carbocycles. The van der Waals surface area contributed by atoms with E-state index in [-0.39, 0.29) is 0 Å². The van der Waals surface area contributed by atoms with Crippen LogP contribution in [0.15, 0.2) is 6.20 Å². The first-order valence-corrected chi connectivity index (χ1v) is 5.49. The molecule has 1 fully saturated rings. The Morgan fingerprint density at radius 3 is 2.93 bits per heavy atom. The van der Waals surface area contributed by atoms with E-state index in [0.29, 0.717) is 5.92 Å². The molecule has 0 unspecified atom stereocenters. The van der Waals surface area contributed by atoms with Crippen LogP contribution in [0.25, 0.3) is 0 Å². The van der Waals surface area contributed by atoms with Crippen LogP contribution < -0.4 is 5.32 Å². The van der Waals surface area contributed by atoms with Gasteiger partial charge in [-0.05, 0) is 31.4 Å². The number of hydrogen-bond donors (Lipinski definition) is 1. The van der Waals surface area contributed by atoms with Gasteiger partial charge in [0.1, 0.15) is 5.82 Å². The molecule has 0 atom stereocenters. The highest BCUT2D eigenvalue weighted by Crippen LogP contribution is 2.38. The minimum absolute atomic E-state index is 0.677. The summed E-state index contributed by atoms with van der Waals surface area (Å²) in [6.07, 6.45) is 6.77. The number of fused-ring (bicyclic) bond motifs is 1. The van der Waals surface area contributed by atoms with Gasteiger partial charge in [0.25, 0.3) is 0 Å². The quantitative estimate of drug-likeness (QED) is 0.717. The minimum Gasteiger partial charge on any atom is -0.316 e. The Bertz CT molecular complexity index is 344. The van der Waals surface area contributed by atoms with Crippen LogP contribution >= 0.6 is 0 Å². The first-order valence-electron chi connectivity index (χ1n) is 5.49. The van der Waals surface area contributed by atoms with Crippen molar-refractivity contribution in [3.8, 4) is 0 Å². The predicted molar refractivity (Wildman–Crippen MR) is 54.3 cm³/mol. The molecule has 1 aliphatic heterocycles. The second-order valence-corrected chi connectivity index (χ2v) is 4.22. The van der Waals surface area contributed by atoms with Gasteiger partial charge >= 0.3 is 0 Å². The SMILES string of the molecule is c1nc(C2CC2)nc2c1CCNCC2. The molecular weight excluding hydrogens is 174 g/mol. The van der Waals surface area contributed by atoms with E-state index >= 15 is 0 Å². The monoisotopic (exact) mass is 189 g/mol. The first-order chi connectivity index (χ1) is 6.93. The van der Waals surface area contributed by atoms with Crippen molar-refractivity contribution in [1.82, 2.24) is 15.3 Å². The molecule has 0 saturated heterocycles. The van der Waals surface area contributed by atoms with Crippen molar-refractivity contribution < 1.29 is 0 Å². The summed E-state index contributed by atoms with van der Waals surface area (Å²) in [5.74, 6) is 1.77. The largest absolute Gasteiger partial charge is 0.316 e. The summed E-state index contributed by atoms with van der Waals surface area (Å²) in [5.41, 5.74) is 2.63. The summed E-state index contributed by atoms with van der Waals surface area (Å²) in [5, 5.41) is 3.39. The van der Waals surface area contributed by atoms with Crippen molar-refractivity contribution in [3.05, 3.63) is 23.3 Å². The highest BCUT2D eigenvalue weighted by molar-refractivity contribution is 5.22. The molecule has 1 aromatic heterocycles. The summed E-state index contributed by atoms with van der Waals surface area (Å²) in [6.45, 7) is 2.13. The second kappa shape index (κ2) is 3.31. The van der Waals surface area contributed by atoms with E-state index in [1.54, 1.807) is 0 Å². The summed E-state index contributed by atoms with van der Waals surface area (Å²) in [4.78, 5) is 9.14. The van der Waals surface area contributed by atoms with E-state index in [4.69, 9.17) is 0 Å². The molecular formula is C11H15N3. The topological polar surface area (TPSA) is 37.8 Å². The lowest BCUT2D eigenvalue weighted by molar-refractivity contribution is 0.707. The zero-order chi connectivity index (χ0) is 9.38. The molecule has 74 valence electrons. The normalized spacial score (nSPS) is 21.4. The molecule has 1 aliphatic carbocycles. The molecule has 1 aromatic rings.